The Kier molecular flexibility index (Phi) is 3.87. The van der Waals surface area contributed by atoms with E-state index in [1.54, 1.807) is 7.11 Å². The average molecular weight is 244 g/mol. The van der Waals surface area contributed by atoms with Gasteiger partial charge in [-0.05, 0) is 32.6 Å². The van der Waals surface area contributed by atoms with Gasteiger partial charge in [-0.2, -0.15) is 0 Å². The molecule has 1 aliphatic carbocycles. The largest absolute Gasteiger partial charge is 0.444 e. The highest BCUT2D eigenvalue weighted by Gasteiger charge is 2.26. The van der Waals surface area contributed by atoms with Crippen molar-refractivity contribution in [3.8, 4) is 0 Å². The number of methoxy groups -OCH3 is 1. The molecule has 1 aliphatic rings. The molecule has 1 fully saturated rings. The van der Waals surface area contributed by atoms with Gasteiger partial charge in [-0.15, -0.1) is 11.6 Å². The fourth-order valence-electron chi connectivity index (χ4n) is 2.29. The van der Waals surface area contributed by atoms with E-state index in [0.717, 1.165) is 43.0 Å². The smallest absolute Gasteiger partial charge is 0.197 e. The lowest BCUT2D eigenvalue weighted by Crippen LogP contribution is -2.19. The summed E-state index contributed by atoms with van der Waals surface area (Å²) < 4.78 is 11.0. The molecule has 1 aromatic rings. The molecule has 0 N–H and O–H groups in total. The summed E-state index contributed by atoms with van der Waals surface area (Å²) in [5, 5.41) is 0. The molecule has 0 radical (unpaired) electrons. The number of oxazole rings is 1. The lowest BCUT2D eigenvalue weighted by Gasteiger charge is -2.25. The van der Waals surface area contributed by atoms with Crippen molar-refractivity contribution >= 4 is 11.6 Å². The highest BCUT2D eigenvalue weighted by molar-refractivity contribution is 6.16. The molecule has 0 atom stereocenters. The monoisotopic (exact) mass is 243 g/mol. The minimum absolute atomic E-state index is 0.409. The van der Waals surface area contributed by atoms with Gasteiger partial charge in [-0.25, -0.2) is 4.98 Å². The van der Waals surface area contributed by atoms with Gasteiger partial charge >= 0.3 is 0 Å². The van der Waals surface area contributed by atoms with Crippen molar-refractivity contribution in [1.29, 1.82) is 0 Å². The minimum atomic E-state index is 0.409. The summed E-state index contributed by atoms with van der Waals surface area (Å²) >= 11 is 5.78. The third-order valence-electron chi connectivity index (χ3n) is 3.39. The molecule has 4 heteroatoms. The number of hydrogen-bond donors (Lipinski definition) is 0. The maximum atomic E-state index is 5.78. The second kappa shape index (κ2) is 5.19. The molecule has 16 heavy (non-hydrogen) atoms. The Bertz CT molecular complexity index is 343. The van der Waals surface area contributed by atoms with E-state index in [4.69, 9.17) is 20.8 Å². The van der Waals surface area contributed by atoms with Crippen molar-refractivity contribution in [3.05, 3.63) is 17.3 Å². The molecule has 90 valence electrons. The minimum Gasteiger partial charge on any atom is -0.444 e. The fourth-order valence-corrected chi connectivity index (χ4v) is 2.54. The lowest BCUT2D eigenvalue weighted by molar-refractivity contribution is 0.0632. The zero-order chi connectivity index (χ0) is 11.5. The molecule has 0 spiro atoms. The standard InChI is InChI=1S/C12H18ClNO2/c1-8-11(7-13)16-12(14-8)9-3-5-10(15-2)6-4-9/h9-10H,3-7H2,1-2H3. The van der Waals surface area contributed by atoms with Crippen LogP contribution in [0.15, 0.2) is 4.42 Å². The van der Waals surface area contributed by atoms with Crippen LogP contribution in [-0.4, -0.2) is 18.2 Å². The first-order valence-corrected chi connectivity index (χ1v) is 6.33. The summed E-state index contributed by atoms with van der Waals surface area (Å²) in [6.45, 7) is 1.95. The molecule has 3 nitrogen and oxygen atoms in total. The molecular formula is C12H18ClNO2. The Balaban J connectivity index is 2.02. The first-order valence-electron chi connectivity index (χ1n) is 5.79. The Labute approximate surface area is 101 Å². The molecule has 0 aliphatic heterocycles. The summed E-state index contributed by atoms with van der Waals surface area (Å²) in [6.07, 6.45) is 4.80. The molecule has 1 heterocycles. The number of rotatable bonds is 3. The predicted octanol–water partition coefficient (Wildman–Crippen LogP) is 3.39. The number of hydrogen-bond acceptors (Lipinski definition) is 3. The Morgan fingerprint density at radius 2 is 2.06 bits per heavy atom. The van der Waals surface area contributed by atoms with E-state index >= 15 is 0 Å². The van der Waals surface area contributed by atoms with Gasteiger partial charge in [-0.3, -0.25) is 0 Å². The number of aryl methyl sites for hydroxylation is 1. The number of aromatic nitrogens is 1. The zero-order valence-corrected chi connectivity index (χ0v) is 10.6. The number of nitrogens with zero attached hydrogens (tertiary/aromatic N) is 1. The summed E-state index contributed by atoms with van der Waals surface area (Å²) in [5.41, 5.74) is 0.930. The number of ether oxygens (including phenoxy) is 1. The van der Waals surface area contributed by atoms with Crippen LogP contribution in [0.5, 0.6) is 0 Å². The topological polar surface area (TPSA) is 35.3 Å². The van der Waals surface area contributed by atoms with Crippen LogP contribution in [0.25, 0.3) is 0 Å². The van der Waals surface area contributed by atoms with Crippen molar-refractivity contribution in [2.75, 3.05) is 7.11 Å². The van der Waals surface area contributed by atoms with Gasteiger partial charge in [0.15, 0.2) is 5.89 Å². The van der Waals surface area contributed by atoms with Gasteiger partial charge < -0.3 is 9.15 Å². The van der Waals surface area contributed by atoms with E-state index < -0.39 is 0 Å². The van der Waals surface area contributed by atoms with E-state index in [-0.39, 0.29) is 0 Å². The number of alkyl halides is 1. The van der Waals surface area contributed by atoms with E-state index in [2.05, 4.69) is 4.98 Å². The number of halogens is 1. The third kappa shape index (κ3) is 2.41. The first kappa shape index (κ1) is 11.9. The van der Waals surface area contributed by atoms with Crippen LogP contribution in [0, 0.1) is 6.92 Å². The van der Waals surface area contributed by atoms with E-state index in [1.807, 2.05) is 6.92 Å². The van der Waals surface area contributed by atoms with Crippen molar-refractivity contribution in [2.45, 2.75) is 50.5 Å². The van der Waals surface area contributed by atoms with E-state index in [1.165, 1.54) is 0 Å². The van der Waals surface area contributed by atoms with Crippen LogP contribution in [0.3, 0.4) is 0 Å². The van der Waals surface area contributed by atoms with E-state index in [0.29, 0.717) is 17.9 Å². The van der Waals surface area contributed by atoms with Crippen LogP contribution in [0.1, 0.15) is 48.9 Å². The molecule has 1 aromatic heterocycles. The third-order valence-corrected chi connectivity index (χ3v) is 3.63. The van der Waals surface area contributed by atoms with Crippen LogP contribution in [-0.2, 0) is 10.6 Å². The highest BCUT2D eigenvalue weighted by atomic mass is 35.5. The predicted molar refractivity (Wildman–Crippen MR) is 62.8 cm³/mol. The second-order valence-electron chi connectivity index (χ2n) is 4.40. The van der Waals surface area contributed by atoms with Gasteiger partial charge in [-0.1, -0.05) is 0 Å². The normalized spacial score (nSPS) is 25.9. The van der Waals surface area contributed by atoms with Crippen molar-refractivity contribution in [1.82, 2.24) is 4.98 Å². The second-order valence-corrected chi connectivity index (χ2v) is 4.67. The quantitative estimate of drug-likeness (QED) is 0.764. The molecule has 0 unspecified atom stereocenters. The molecule has 1 saturated carbocycles. The highest BCUT2D eigenvalue weighted by Crippen LogP contribution is 2.34. The summed E-state index contributed by atoms with van der Waals surface area (Å²) in [5.74, 6) is 2.53. The fraction of sp³-hybridized carbons (Fsp3) is 0.750. The molecular weight excluding hydrogens is 226 g/mol. The summed E-state index contributed by atoms with van der Waals surface area (Å²) in [6, 6.07) is 0. The average Bonchev–Trinajstić information content (AvgIpc) is 2.71. The van der Waals surface area contributed by atoms with Gasteiger partial charge in [0.05, 0.1) is 17.7 Å². The summed E-state index contributed by atoms with van der Waals surface area (Å²) in [4.78, 5) is 4.46. The first-order chi connectivity index (χ1) is 7.74. The van der Waals surface area contributed by atoms with Crippen molar-refractivity contribution in [2.24, 2.45) is 0 Å². The van der Waals surface area contributed by atoms with Gasteiger partial charge in [0.25, 0.3) is 0 Å². The van der Waals surface area contributed by atoms with Crippen LogP contribution >= 0.6 is 11.6 Å². The van der Waals surface area contributed by atoms with Crippen molar-refractivity contribution < 1.29 is 9.15 Å². The maximum Gasteiger partial charge on any atom is 0.197 e. The van der Waals surface area contributed by atoms with Gasteiger partial charge in [0.2, 0.25) is 0 Å². The Morgan fingerprint density at radius 3 is 2.56 bits per heavy atom. The summed E-state index contributed by atoms with van der Waals surface area (Å²) in [7, 11) is 1.78. The van der Waals surface area contributed by atoms with E-state index in [9.17, 15) is 0 Å². The molecule has 2 rings (SSSR count). The maximum absolute atomic E-state index is 5.78. The molecule has 0 amide bonds. The van der Waals surface area contributed by atoms with Gasteiger partial charge in [0, 0.05) is 13.0 Å². The molecule has 0 bridgehead atoms. The van der Waals surface area contributed by atoms with Gasteiger partial charge in [0.1, 0.15) is 5.76 Å². The zero-order valence-electron chi connectivity index (χ0n) is 9.83. The van der Waals surface area contributed by atoms with Crippen LogP contribution < -0.4 is 0 Å². The van der Waals surface area contributed by atoms with Crippen molar-refractivity contribution in [3.63, 3.8) is 0 Å². The molecule has 0 aromatic carbocycles. The van der Waals surface area contributed by atoms with Crippen LogP contribution in [0.2, 0.25) is 0 Å². The molecule has 0 saturated heterocycles. The SMILES string of the molecule is COC1CCC(c2nc(C)c(CCl)o2)CC1. The lowest BCUT2D eigenvalue weighted by atomic mass is 9.87. The Morgan fingerprint density at radius 1 is 1.38 bits per heavy atom. The van der Waals surface area contributed by atoms with Crippen LogP contribution in [0.4, 0.5) is 0 Å². The Hall–Kier alpha value is -0.540.